The Hall–Kier alpha value is 0.310. The molecular formula is C12H23NS. The van der Waals surface area contributed by atoms with Crippen LogP contribution >= 0.6 is 11.8 Å². The highest BCUT2D eigenvalue weighted by Crippen LogP contribution is 2.48. The van der Waals surface area contributed by atoms with Crippen molar-refractivity contribution in [1.29, 1.82) is 0 Å². The minimum Gasteiger partial charge on any atom is -0.316 e. The standard InChI is InChI=1S/C12H23NS/c1-2-4-12(5-6-12)10-13-8-11-3-7-14-9-11/h11,13H,2-10H2,1H3. The van der Waals surface area contributed by atoms with Gasteiger partial charge in [-0.05, 0) is 55.1 Å². The normalized spacial score (nSPS) is 29.4. The fourth-order valence-corrected chi connectivity index (χ4v) is 3.79. The van der Waals surface area contributed by atoms with Gasteiger partial charge in [0.1, 0.15) is 0 Å². The van der Waals surface area contributed by atoms with E-state index in [4.69, 9.17) is 0 Å². The van der Waals surface area contributed by atoms with E-state index >= 15 is 0 Å². The zero-order valence-electron chi connectivity index (χ0n) is 9.35. The third-order valence-corrected chi connectivity index (χ3v) is 4.93. The second-order valence-corrected chi connectivity index (χ2v) is 6.26. The van der Waals surface area contributed by atoms with Crippen molar-refractivity contribution in [2.24, 2.45) is 11.3 Å². The minimum atomic E-state index is 0.737. The van der Waals surface area contributed by atoms with Crippen LogP contribution in [0.1, 0.15) is 39.0 Å². The van der Waals surface area contributed by atoms with Crippen molar-refractivity contribution in [2.45, 2.75) is 39.0 Å². The van der Waals surface area contributed by atoms with Crippen LogP contribution in [0.5, 0.6) is 0 Å². The molecule has 0 radical (unpaired) electrons. The average Bonchev–Trinajstić information content (AvgIpc) is 2.75. The summed E-state index contributed by atoms with van der Waals surface area (Å²) in [7, 11) is 0. The van der Waals surface area contributed by atoms with E-state index in [1.807, 2.05) is 0 Å². The summed E-state index contributed by atoms with van der Waals surface area (Å²) in [4.78, 5) is 0. The maximum Gasteiger partial charge on any atom is 0.000793 e. The number of rotatable bonds is 6. The van der Waals surface area contributed by atoms with Gasteiger partial charge in [0.25, 0.3) is 0 Å². The van der Waals surface area contributed by atoms with Crippen molar-refractivity contribution in [3.8, 4) is 0 Å². The lowest BCUT2D eigenvalue weighted by molar-refractivity contribution is 0.400. The van der Waals surface area contributed by atoms with Gasteiger partial charge in [0, 0.05) is 6.54 Å². The van der Waals surface area contributed by atoms with Crippen molar-refractivity contribution in [2.75, 3.05) is 24.6 Å². The molecule has 1 atom stereocenters. The topological polar surface area (TPSA) is 12.0 Å². The zero-order valence-corrected chi connectivity index (χ0v) is 10.2. The summed E-state index contributed by atoms with van der Waals surface area (Å²) in [6, 6.07) is 0. The van der Waals surface area contributed by atoms with Crippen LogP contribution in [0.4, 0.5) is 0 Å². The van der Waals surface area contributed by atoms with E-state index in [1.54, 1.807) is 0 Å². The number of hydrogen-bond acceptors (Lipinski definition) is 2. The van der Waals surface area contributed by atoms with E-state index in [0.717, 1.165) is 11.3 Å². The third kappa shape index (κ3) is 2.90. The van der Waals surface area contributed by atoms with Crippen LogP contribution in [0.15, 0.2) is 0 Å². The Morgan fingerprint density at radius 3 is 2.86 bits per heavy atom. The highest BCUT2D eigenvalue weighted by atomic mass is 32.2. The summed E-state index contributed by atoms with van der Waals surface area (Å²) >= 11 is 2.13. The SMILES string of the molecule is CCCC1(CNCC2CCSC2)CC1. The van der Waals surface area contributed by atoms with Gasteiger partial charge < -0.3 is 5.32 Å². The van der Waals surface area contributed by atoms with E-state index < -0.39 is 0 Å². The van der Waals surface area contributed by atoms with Gasteiger partial charge in [-0.1, -0.05) is 13.3 Å². The molecule has 82 valence electrons. The molecule has 0 amide bonds. The Kier molecular flexibility index (Phi) is 3.78. The lowest BCUT2D eigenvalue weighted by Gasteiger charge is -2.16. The van der Waals surface area contributed by atoms with Gasteiger partial charge in [-0.25, -0.2) is 0 Å². The molecule has 1 nitrogen and oxygen atoms in total. The van der Waals surface area contributed by atoms with Crippen LogP contribution < -0.4 is 5.32 Å². The Morgan fingerprint density at radius 2 is 2.29 bits per heavy atom. The molecule has 1 N–H and O–H groups in total. The summed E-state index contributed by atoms with van der Waals surface area (Å²) in [6.45, 7) is 4.88. The van der Waals surface area contributed by atoms with Crippen LogP contribution in [0.25, 0.3) is 0 Å². The first-order valence-corrected chi connectivity index (χ1v) is 7.29. The number of nitrogens with one attached hydrogen (secondary N) is 1. The van der Waals surface area contributed by atoms with Crippen LogP contribution in [0.2, 0.25) is 0 Å². The van der Waals surface area contributed by atoms with Gasteiger partial charge in [0.05, 0.1) is 0 Å². The van der Waals surface area contributed by atoms with Crippen molar-refractivity contribution in [3.63, 3.8) is 0 Å². The molecule has 1 unspecified atom stereocenters. The first-order valence-electron chi connectivity index (χ1n) is 6.13. The maximum absolute atomic E-state index is 3.70. The van der Waals surface area contributed by atoms with Crippen LogP contribution in [-0.2, 0) is 0 Å². The van der Waals surface area contributed by atoms with Gasteiger partial charge >= 0.3 is 0 Å². The van der Waals surface area contributed by atoms with Crippen molar-refractivity contribution < 1.29 is 0 Å². The van der Waals surface area contributed by atoms with E-state index in [1.165, 1.54) is 56.7 Å². The van der Waals surface area contributed by atoms with E-state index in [2.05, 4.69) is 24.0 Å². The molecule has 2 fully saturated rings. The molecule has 2 rings (SSSR count). The number of thioether (sulfide) groups is 1. The van der Waals surface area contributed by atoms with Gasteiger partial charge in [0.15, 0.2) is 0 Å². The van der Waals surface area contributed by atoms with Crippen LogP contribution in [0, 0.1) is 11.3 Å². The first-order chi connectivity index (χ1) is 6.85. The Morgan fingerprint density at radius 1 is 1.43 bits per heavy atom. The smallest absolute Gasteiger partial charge is 0.000793 e. The maximum atomic E-state index is 3.70. The largest absolute Gasteiger partial charge is 0.316 e. The highest BCUT2D eigenvalue weighted by Gasteiger charge is 2.40. The van der Waals surface area contributed by atoms with Crippen LogP contribution in [-0.4, -0.2) is 24.6 Å². The fraction of sp³-hybridized carbons (Fsp3) is 1.00. The van der Waals surface area contributed by atoms with Crippen molar-refractivity contribution in [1.82, 2.24) is 5.32 Å². The second kappa shape index (κ2) is 4.89. The van der Waals surface area contributed by atoms with E-state index in [9.17, 15) is 0 Å². The molecule has 1 saturated heterocycles. The Bertz CT molecular complexity index is 171. The highest BCUT2D eigenvalue weighted by molar-refractivity contribution is 7.99. The molecule has 0 aromatic rings. The van der Waals surface area contributed by atoms with Crippen molar-refractivity contribution >= 4 is 11.8 Å². The predicted octanol–water partition coefficient (Wildman–Crippen LogP) is 2.91. The molecule has 1 aliphatic heterocycles. The van der Waals surface area contributed by atoms with Gasteiger partial charge in [0.2, 0.25) is 0 Å². The summed E-state index contributed by atoms with van der Waals surface area (Å²) in [5, 5.41) is 3.70. The molecule has 1 aliphatic carbocycles. The summed E-state index contributed by atoms with van der Waals surface area (Å²) in [5.74, 6) is 3.76. The average molecular weight is 213 g/mol. The van der Waals surface area contributed by atoms with Crippen LogP contribution in [0.3, 0.4) is 0 Å². The molecule has 1 saturated carbocycles. The van der Waals surface area contributed by atoms with Gasteiger partial charge in [-0.2, -0.15) is 11.8 Å². The molecule has 1 heterocycles. The molecule has 2 heteroatoms. The molecule has 0 bridgehead atoms. The van der Waals surface area contributed by atoms with Gasteiger partial charge in [-0.15, -0.1) is 0 Å². The lowest BCUT2D eigenvalue weighted by atomic mass is 10.0. The van der Waals surface area contributed by atoms with E-state index in [-0.39, 0.29) is 0 Å². The zero-order chi connectivity index (χ0) is 9.86. The predicted molar refractivity (Wildman–Crippen MR) is 64.9 cm³/mol. The fourth-order valence-electron chi connectivity index (χ4n) is 2.51. The second-order valence-electron chi connectivity index (χ2n) is 5.11. The molecule has 0 spiro atoms. The molecule has 0 aromatic carbocycles. The third-order valence-electron chi connectivity index (χ3n) is 3.69. The van der Waals surface area contributed by atoms with Crippen molar-refractivity contribution in [3.05, 3.63) is 0 Å². The quantitative estimate of drug-likeness (QED) is 0.728. The summed E-state index contributed by atoms with van der Waals surface area (Å²) in [6.07, 6.45) is 7.21. The molecule has 14 heavy (non-hydrogen) atoms. The summed E-state index contributed by atoms with van der Waals surface area (Å²) < 4.78 is 0. The Labute approximate surface area is 92.4 Å². The van der Waals surface area contributed by atoms with Gasteiger partial charge in [-0.3, -0.25) is 0 Å². The number of hydrogen-bond donors (Lipinski definition) is 1. The molecule has 2 aliphatic rings. The molecule has 0 aromatic heterocycles. The molecular weight excluding hydrogens is 190 g/mol. The first kappa shape index (κ1) is 10.8. The van der Waals surface area contributed by atoms with E-state index in [0.29, 0.717) is 0 Å². The lowest BCUT2D eigenvalue weighted by Crippen LogP contribution is -2.29. The Balaban J connectivity index is 1.58. The summed E-state index contributed by atoms with van der Waals surface area (Å²) in [5.41, 5.74) is 0.737. The minimum absolute atomic E-state index is 0.737. The monoisotopic (exact) mass is 213 g/mol.